The Morgan fingerprint density at radius 3 is 3.09 bits per heavy atom. The lowest BCUT2D eigenvalue weighted by molar-refractivity contribution is -0.135. The maximum absolute atomic E-state index is 12.5. The number of carboxylic acid groups (broad SMARTS) is 1. The molecule has 110 valence electrons. The number of benzene rings is 1. The van der Waals surface area contributed by atoms with Gasteiger partial charge in [-0.2, -0.15) is 5.26 Å². The average Bonchev–Trinajstić information content (AvgIpc) is 2.78. The van der Waals surface area contributed by atoms with Gasteiger partial charge in [0.05, 0.1) is 22.6 Å². The molecule has 1 aromatic carbocycles. The molecule has 1 aromatic heterocycles. The minimum absolute atomic E-state index is 0.607. The van der Waals surface area contributed by atoms with Crippen LogP contribution in [0, 0.1) is 11.3 Å². The molecular weight excluding hydrogens is 286 g/mol. The fourth-order valence-electron chi connectivity index (χ4n) is 1.30. The number of nitrogens with zero attached hydrogens (tertiary/aromatic N) is 2. The molecule has 2 aromatic rings. The minimum atomic E-state index is -3.50. The monoisotopic (exact) mass is 308 g/mol. The number of aromatic nitrogens is 1. The molecule has 0 saturated heterocycles. The number of carboxylic acids is 1. The number of amides is 1. The molecule has 0 unspecified atom stereocenters. The van der Waals surface area contributed by atoms with E-state index < -0.39 is 88.2 Å². The fraction of sp³-hybridized carbons (Fsp3) is 0.0667. The number of rotatable bonds is 5. The van der Waals surface area contributed by atoms with Crippen LogP contribution in [0.1, 0.15) is 27.0 Å². The van der Waals surface area contributed by atoms with Crippen LogP contribution in [0.5, 0.6) is 5.75 Å². The summed E-state index contributed by atoms with van der Waals surface area (Å²) in [6.07, 6.45) is -1.01. The van der Waals surface area contributed by atoms with Gasteiger partial charge in [-0.25, -0.2) is 4.98 Å². The molecule has 7 nitrogen and oxygen atoms in total. The molecular formula is C15H11N3O4. The topological polar surface area (TPSA) is 123 Å². The van der Waals surface area contributed by atoms with Gasteiger partial charge in [-0.3, -0.25) is 9.59 Å². The molecule has 22 heavy (non-hydrogen) atoms. The van der Waals surface area contributed by atoms with Gasteiger partial charge in [0.25, 0.3) is 8.77 Å². The van der Waals surface area contributed by atoms with Crippen LogP contribution < -0.4 is 5.31 Å². The summed E-state index contributed by atoms with van der Waals surface area (Å²) in [5.74, 6) is -4.77. The smallest absolute Gasteiger partial charge is 0.322 e. The van der Waals surface area contributed by atoms with Crippen molar-refractivity contribution in [2.24, 2.45) is 0 Å². The predicted molar refractivity (Wildman–Crippen MR) is 76.0 cm³/mol. The number of aliphatic carboxylic acids is 1. The van der Waals surface area contributed by atoms with Crippen molar-refractivity contribution in [2.75, 3.05) is 6.50 Å². The molecule has 1 heterocycles. The Bertz CT molecular complexity index is 1220. The first-order valence-electron chi connectivity index (χ1n) is 10.7. The summed E-state index contributed by atoms with van der Waals surface area (Å²) < 4.78 is 83.9. The van der Waals surface area contributed by atoms with Gasteiger partial charge in [-0.15, -0.1) is 0 Å². The Balaban J connectivity index is 2.84. The van der Waals surface area contributed by atoms with Gasteiger partial charge in [0.15, 0.2) is 7.11 Å². The van der Waals surface area contributed by atoms with Gasteiger partial charge in [0.1, 0.15) is 12.2 Å². The summed E-state index contributed by atoms with van der Waals surface area (Å²) in [5.41, 5.74) is -3.14. The number of nitrogens with one attached hydrogen (secondary N) is 1. The Labute approximate surface area is 141 Å². The van der Waals surface area contributed by atoms with Crippen LogP contribution >= 0.6 is 0 Å². The highest BCUT2D eigenvalue weighted by Gasteiger charge is 2.15. The molecule has 0 atom stereocenters. The molecule has 0 radical (unpaired) electrons. The van der Waals surface area contributed by atoms with Crippen LogP contribution in [-0.2, 0) is 4.79 Å². The molecule has 3 N–H and O–H groups in total. The lowest BCUT2D eigenvalue weighted by Crippen LogP contribution is -2.29. The molecule has 0 aliphatic carbocycles. The van der Waals surface area contributed by atoms with Gasteiger partial charge < -0.3 is 15.5 Å². The van der Waals surface area contributed by atoms with E-state index in [1.54, 1.807) is 0 Å². The molecule has 0 bridgehead atoms. The summed E-state index contributed by atoms with van der Waals surface area (Å²) >= 11 is 0. The van der Waals surface area contributed by atoms with Crippen LogP contribution in [0.2, 0.25) is 1.41 Å². The normalized spacial score (nSPS) is 17.1. The van der Waals surface area contributed by atoms with Crippen molar-refractivity contribution in [3.8, 4) is 22.9 Å². The van der Waals surface area contributed by atoms with Crippen molar-refractivity contribution in [3.63, 3.8) is 0 Å². The van der Waals surface area contributed by atoms with Crippen LogP contribution in [0.15, 0.2) is 36.4 Å². The van der Waals surface area contributed by atoms with Crippen LogP contribution in [0.25, 0.3) is 12.6 Å². The van der Waals surface area contributed by atoms with E-state index in [0.29, 0.717) is 0 Å². The Hall–Kier alpha value is -3.40. The zero-order valence-corrected chi connectivity index (χ0v) is 10.5. The van der Waals surface area contributed by atoms with Crippen LogP contribution in [0.4, 0.5) is 0 Å². The van der Waals surface area contributed by atoms with E-state index in [4.69, 9.17) is 15.2 Å². The standard InChI is InChI=1S/C15H11N3O4/c16-6-9-2-1-3-10(4-9)11-5-12(19)14(17-7-11)15(22)18-8-13(20)21/h1-5,7,19H,8H2,(H,18,22)(H,20,21)/i1D,2D,3D,4D,5D,7D,8D2/hD3. The molecule has 0 aliphatic heterocycles. The molecule has 2 rings (SSSR count). The third-order valence-corrected chi connectivity index (χ3v) is 2.17. The van der Waals surface area contributed by atoms with Gasteiger partial charge >= 0.3 is 5.97 Å². The predicted octanol–water partition coefficient (Wildman–Crippen LogP) is 1.14. The van der Waals surface area contributed by atoms with E-state index in [1.165, 1.54) is 6.07 Å². The van der Waals surface area contributed by atoms with E-state index in [2.05, 4.69) is 15.2 Å². The number of nitriles is 1. The lowest BCUT2D eigenvalue weighted by Gasteiger charge is -2.07. The summed E-state index contributed by atoms with van der Waals surface area (Å²) in [6.45, 7) is -3.50. The van der Waals surface area contributed by atoms with Gasteiger partial charge in [-0.1, -0.05) is 12.1 Å². The number of hydrogen-bond donors (Lipinski definition) is 3. The van der Waals surface area contributed by atoms with E-state index in [-0.39, 0.29) is 0 Å². The van der Waals surface area contributed by atoms with Gasteiger partial charge in [0, 0.05) is 11.7 Å². The second kappa shape index (κ2) is 6.37. The number of carbonyl (C=O) groups is 2. The second-order valence-electron chi connectivity index (χ2n) is 3.58. The third-order valence-electron chi connectivity index (χ3n) is 2.17. The van der Waals surface area contributed by atoms with E-state index in [1.807, 2.05) is 0 Å². The van der Waals surface area contributed by atoms with Gasteiger partial charge in [0.2, 0.25) is 0 Å². The highest BCUT2D eigenvalue weighted by atomic mass is 16.4. The zero-order valence-electron chi connectivity index (χ0n) is 21.5. The molecule has 1 amide bonds. The van der Waals surface area contributed by atoms with Crippen LogP contribution in [-0.4, -0.2) is 35.0 Å². The zero-order chi connectivity index (χ0) is 25.4. The Morgan fingerprint density at radius 2 is 2.36 bits per heavy atom. The summed E-state index contributed by atoms with van der Waals surface area (Å²) in [7, 11) is 0. The molecule has 0 fully saturated rings. The summed E-state index contributed by atoms with van der Waals surface area (Å²) in [6, 6.07) is -2.65. The molecule has 7 heteroatoms. The Morgan fingerprint density at radius 1 is 1.50 bits per heavy atom. The highest BCUT2D eigenvalue weighted by molar-refractivity contribution is 5.96. The number of carbonyl (C=O) groups excluding carboxylic acids is 1. The maximum atomic E-state index is 12.5. The Kier molecular flexibility index (Phi) is 1.78. The highest BCUT2D eigenvalue weighted by Crippen LogP contribution is 2.25. The summed E-state index contributed by atoms with van der Waals surface area (Å²) in [5, 5.41) is 16.2. The van der Waals surface area contributed by atoms with Crippen molar-refractivity contribution >= 4 is 11.9 Å². The van der Waals surface area contributed by atoms with Crippen molar-refractivity contribution in [2.45, 2.75) is 0 Å². The lowest BCUT2D eigenvalue weighted by atomic mass is 10.0. The van der Waals surface area contributed by atoms with Crippen molar-refractivity contribution in [3.05, 3.63) is 47.6 Å². The van der Waals surface area contributed by atoms with Gasteiger partial charge in [-0.05, 0) is 23.7 Å². The summed E-state index contributed by atoms with van der Waals surface area (Å²) in [4.78, 5) is 27.4. The SMILES string of the molecule is [2H]OC(=O)C([2H])([2H])N([2H])C(=O)c1nc([2H])c(-c2c([2H])c([2H])c([2H])c(C#N)c2[2H])c([2H])c1O[2H]. The first kappa shape index (κ1) is 6.15. The average molecular weight is 308 g/mol. The first-order chi connectivity index (χ1) is 15.3. The van der Waals surface area contributed by atoms with Crippen molar-refractivity contribution in [1.29, 1.82) is 8.12 Å². The largest absolute Gasteiger partial charge is 0.505 e. The number of aromatic hydroxyl groups is 1. The first-order valence-corrected chi connectivity index (χ1v) is 5.43. The quantitative estimate of drug-likeness (QED) is 0.761. The second-order valence-corrected chi connectivity index (χ2v) is 3.58. The molecule has 0 aliphatic rings. The fourth-order valence-corrected chi connectivity index (χ4v) is 1.30. The van der Waals surface area contributed by atoms with E-state index >= 15 is 0 Å². The molecule has 0 spiro atoms. The van der Waals surface area contributed by atoms with Crippen LogP contribution in [0.3, 0.4) is 0 Å². The minimum Gasteiger partial charge on any atom is -0.505 e. The number of pyridine rings is 1. The van der Waals surface area contributed by atoms with E-state index in [0.717, 1.165) is 0 Å². The van der Waals surface area contributed by atoms with Crippen molar-refractivity contribution < 1.29 is 32.2 Å². The maximum Gasteiger partial charge on any atom is 0.322 e. The molecule has 0 saturated carbocycles. The van der Waals surface area contributed by atoms with E-state index in [9.17, 15) is 14.9 Å². The number of hydrogen-bond acceptors (Lipinski definition) is 6. The third kappa shape index (κ3) is 3.37. The van der Waals surface area contributed by atoms with Crippen molar-refractivity contribution in [1.82, 2.24) is 10.3 Å².